The average Bonchev–Trinajstić information content (AvgIpc) is 3.03. The van der Waals surface area contributed by atoms with Crippen molar-refractivity contribution in [3.05, 3.63) is 68.8 Å². The molecule has 0 unspecified atom stereocenters. The highest BCUT2D eigenvalue weighted by molar-refractivity contribution is 5.58. The highest BCUT2D eigenvalue weighted by atomic mass is 16.5. The summed E-state index contributed by atoms with van der Waals surface area (Å²) in [5, 5.41) is 41.0. The molecule has 6 nitrogen and oxygen atoms in total. The zero-order valence-corrected chi connectivity index (χ0v) is 31.4. The van der Waals surface area contributed by atoms with E-state index in [1.807, 2.05) is 13.8 Å². The molecule has 6 atom stereocenters. The van der Waals surface area contributed by atoms with Crippen molar-refractivity contribution in [3.8, 4) is 23.0 Å². The van der Waals surface area contributed by atoms with Crippen LogP contribution >= 0.6 is 0 Å². The predicted molar refractivity (Wildman–Crippen MR) is 198 cm³/mol. The normalized spacial score (nSPS) is 21.1. The fraction of sp³-hybridized carbons (Fsp3) is 0.619. The highest BCUT2D eigenvalue weighted by Crippen LogP contribution is 2.52. The molecule has 0 saturated carbocycles. The van der Waals surface area contributed by atoms with Crippen molar-refractivity contribution in [3.63, 3.8) is 0 Å². The number of allylic oxidation sites excluding steroid dienone is 4. The van der Waals surface area contributed by atoms with Crippen molar-refractivity contribution in [2.75, 3.05) is 27.4 Å². The van der Waals surface area contributed by atoms with Crippen LogP contribution in [0, 0.1) is 25.7 Å². The number of aliphatic hydroxyl groups excluding tert-OH is 2. The molecule has 48 heavy (non-hydrogen) atoms. The van der Waals surface area contributed by atoms with Crippen molar-refractivity contribution >= 4 is 0 Å². The maximum atomic E-state index is 10.7. The number of hydrogen-bond acceptors (Lipinski definition) is 6. The van der Waals surface area contributed by atoms with Crippen LogP contribution in [0.4, 0.5) is 0 Å². The number of benzene rings is 2. The van der Waals surface area contributed by atoms with Crippen LogP contribution in [0.15, 0.2) is 35.4 Å². The number of rotatable bonds is 12. The first kappa shape index (κ1) is 39.5. The van der Waals surface area contributed by atoms with Crippen LogP contribution in [-0.4, -0.2) is 47.9 Å². The van der Waals surface area contributed by atoms with Crippen molar-refractivity contribution in [1.29, 1.82) is 0 Å². The van der Waals surface area contributed by atoms with Crippen LogP contribution in [0.2, 0.25) is 0 Å². The largest absolute Gasteiger partial charge is 0.504 e. The second kappa shape index (κ2) is 18.2. The van der Waals surface area contributed by atoms with E-state index in [4.69, 9.17) is 9.47 Å². The van der Waals surface area contributed by atoms with Crippen molar-refractivity contribution in [1.82, 2.24) is 0 Å². The van der Waals surface area contributed by atoms with E-state index in [1.54, 1.807) is 14.2 Å². The molecular formula is C42H64O6. The van der Waals surface area contributed by atoms with E-state index in [9.17, 15) is 20.4 Å². The third-order valence-corrected chi connectivity index (χ3v) is 10.8. The van der Waals surface area contributed by atoms with E-state index >= 15 is 0 Å². The lowest BCUT2D eigenvalue weighted by molar-refractivity contribution is 0.185. The molecule has 2 aliphatic rings. The standard InChI is InChI=1S/2C21H32O3/c1-13(2)7-6-8-16(12-22)17-10-9-14(3)19-18(17)11-15(4)21(24-5)20(19)23;1-13(2)7-6-8-16(12-22)17-10-9-14(3)19-18(17)11-15(4)20(23)21(19)24-5/h2*7,11,14,16-17,22-23H,6,8-10,12H2,1-5H3/t2*14-,16-,17+/m11/s1. The number of phenols is 2. The second-order valence-electron chi connectivity index (χ2n) is 14.9. The van der Waals surface area contributed by atoms with Crippen LogP contribution in [0.3, 0.4) is 0 Å². The number of aryl methyl sites for hydroxylation is 2. The minimum atomic E-state index is 0.195. The molecule has 0 heterocycles. The number of fused-ring (bicyclic) bond motifs is 2. The number of aliphatic hydroxyl groups is 2. The van der Waals surface area contributed by atoms with Gasteiger partial charge in [0.05, 0.1) is 14.2 Å². The molecule has 0 fully saturated rings. The van der Waals surface area contributed by atoms with Gasteiger partial charge in [-0.1, -0.05) is 49.3 Å². The molecule has 0 radical (unpaired) electrons. The SMILES string of the molecule is COc1c(C)cc2c(c1O)[C@H](C)CC[C@H]2[C@@H](CO)CCC=C(C)C.COc1c(O)c(C)cc2c1[C@H](C)CC[C@H]2[C@@H](CO)CCC=C(C)C. The molecule has 4 N–H and O–H groups in total. The van der Waals surface area contributed by atoms with Crippen LogP contribution in [0.25, 0.3) is 0 Å². The lowest BCUT2D eigenvalue weighted by atomic mass is 9.70. The quantitative estimate of drug-likeness (QED) is 0.169. The summed E-state index contributed by atoms with van der Waals surface area (Å²) in [4.78, 5) is 0. The average molecular weight is 665 g/mol. The Kier molecular flexibility index (Phi) is 14.9. The van der Waals surface area contributed by atoms with E-state index in [0.29, 0.717) is 40.9 Å². The van der Waals surface area contributed by atoms with Gasteiger partial charge < -0.3 is 29.9 Å². The first-order valence-corrected chi connectivity index (χ1v) is 18.1. The van der Waals surface area contributed by atoms with Gasteiger partial charge in [0.1, 0.15) is 0 Å². The Morgan fingerprint density at radius 2 is 1.12 bits per heavy atom. The first-order chi connectivity index (χ1) is 22.8. The van der Waals surface area contributed by atoms with Gasteiger partial charge in [-0.3, -0.25) is 0 Å². The molecule has 2 aromatic rings. The summed E-state index contributed by atoms with van der Waals surface area (Å²) >= 11 is 0. The van der Waals surface area contributed by atoms with Gasteiger partial charge in [0, 0.05) is 24.3 Å². The van der Waals surface area contributed by atoms with Crippen LogP contribution in [-0.2, 0) is 0 Å². The van der Waals surface area contributed by atoms with Crippen LogP contribution < -0.4 is 9.47 Å². The summed E-state index contributed by atoms with van der Waals surface area (Å²) in [7, 11) is 3.23. The van der Waals surface area contributed by atoms with Crippen molar-refractivity contribution in [2.45, 2.75) is 130 Å². The Hall–Kier alpha value is -2.96. The van der Waals surface area contributed by atoms with E-state index < -0.39 is 0 Å². The fourth-order valence-corrected chi connectivity index (χ4v) is 8.19. The van der Waals surface area contributed by atoms with Gasteiger partial charge in [-0.2, -0.15) is 0 Å². The van der Waals surface area contributed by atoms with Crippen molar-refractivity contribution in [2.24, 2.45) is 11.8 Å². The third kappa shape index (κ3) is 9.18. The van der Waals surface area contributed by atoms with Gasteiger partial charge >= 0.3 is 0 Å². The second-order valence-corrected chi connectivity index (χ2v) is 14.9. The molecule has 2 aromatic carbocycles. The predicted octanol–water partition coefficient (Wildman–Crippen LogP) is 10.1. The molecule has 0 bridgehead atoms. The molecular weight excluding hydrogens is 600 g/mol. The Bertz CT molecular complexity index is 1410. The maximum absolute atomic E-state index is 10.7. The smallest absolute Gasteiger partial charge is 0.164 e. The zero-order valence-electron chi connectivity index (χ0n) is 31.4. The van der Waals surface area contributed by atoms with E-state index in [-0.39, 0.29) is 30.8 Å². The first-order valence-electron chi connectivity index (χ1n) is 18.1. The zero-order chi connectivity index (χ0) is 35.7. The lowest BCUT2D eigenvalue weighted by Gasteiger charge is -2.36. The number of hydrogen-bond donors (Lipinski definition) is 4. The number of ether oxygens (including phenoxy) is 2. The molecule has 6 heteroatoms. The molecule has 4 rings (SSSR count). The van der Waals surface area contributed by atoms with E-state index in [1.165, 1.54) is 22.3 Å². The monoisotopic (exact) mass is 664 g/mol. The topological polar surface area (TPSA) is 99.4 Å². The van der Waals surface area contributed by atoms with Gasteiger partial charge in [-0.05, 0) is 151 Å². The molecule has 0 aromatic heterocycles. The van der Waals surface area contributed by atoms with Crippen LogP contribution in [0.1, 0.15) is 150 Å². The van der Waals surface area contributed by atoms with E-state index in [0.717, 1.165) is 73.6 Å². The summed E-state index contributed by atoms with van der Waals surface area (Å²) in [5.74, 6) is 3.59. The van der Waals surface area contributed by atoms with Crippen LogP contribution in [0.5, 0.6) is 23.0 Å². The number of aromatic hydroxyl groups is 2. The van der Waals surface area contributed by atoms with E-state index in [2.05, 4.69) is 65.8 Å². The Morgan fingerprint density at radius 1 is 0.688 bits per heavy atom. The minimum Gasteiger partial charge on any atom is -0.504 e. The summed E-state index contributed by atoms with van der Waals surface area (Å²) in [6.45, 7) is 17.1. The molecule has 0 amide bonds. The summed E-state index contributed by atoms with van der Waals surface area (Å²) in [6.07, 6.45) is 12.7. The molecule has 0 saturated heterocycles. The highest BCUT2D eigenvalue weighted by Gasteiger charge is 2.35. The van der Waals surface area contributed by atoms with Crippen molar-refractivity contribution < 1.29 is 29.9 Å². The summed E-state index contributed by atoms with van der Waals surface area (Å²) < 4.78 is 10.9. The fourth-order valence-electron chi connectivity index (χ4n) is 8.19. The van der Waals surface area contributed by atoms with Gasteiger partial charge in [-0.15, -0.1) is 0 Å². The summed E-state index contributed by atoms with van der Waals surface area (Å²) in [6, 6.07) is 4.27. The summed E-state index contributed by atoms with van der Waals surface area (Å²) in [5.41, 5.74) is 9.10. The lowest BCUT2D eigenvalue weighted by Crippen LogP contribution is -2.23. The number of phenolic OH excluding ortho intramolecular Hbond substituents is 2. The Morgan fingerprint density at radius 3 is 1.56 bits per heavy atom. The molecule has 2 aliphatic carbocycles. The van der Waals surface area contributed by atoms with Gasteiger partial charge in [0.25, 0.3) is 0 Å². The Labute approximate surface area is 290 Å². The Balaban J connectivity index is 0.000000260. The molecule has 268 valence electrons. The minimum absolute atomic E-state index is 0.195. The third-order valence-electron chi connectivity index (χ3n) is 10.8. The maximum Gasteiger partial charge on any atom is 0.164 e. The van der Waals surface area contributed by atoms with Gasteiger partial charge in [0.15, 0.2) is 23.0 Å². The molecule has 0 spiro atoms. The van der Waals surface area contributed by atoms with Gasteiger partial charge in [0.2, 0.25) is 0 Å². The van der Waals surface area contributed by atoms with Gasteiger partial charge in [-0.25, -0.2) is 0 Å². The number of methoxy groups -OCH3 is 2. The molecule has 0 aliphatic heterocycles.